The maximum absolute atomic E-state index is 13.8. The number of hydrogen-bond donors (Lipinski definition) is 0. The fraction of sp³-hybridized carbons (Fsp3) is 0.343. The number of rotatable bonds is 14. The summed E-state index contributed by atoms with van der Waals surface area (Å²) in [4.78, 5) is 20.7. The molecule has 0 aliphatic rings. The molecule has 0 N–H and O–H groups in total. The second kappa shape index (κ2) is 17.3. The molecule has 0 amide bonds. The van der Waals surface area contributed by atoms with E-state index < -0.39 is 42.4 Å². The maximum atomic E-state index is 13.8. The number of aliphatic carboxylic acids is 1. The van der Waals surface area contributed by atoms with Gasteiger partial charge in [-0.15, -0.1) is 0 Å². The summed E-state index contributed by atoms with van der Waals surface area (Å²) in [5.41, 5.74) is -0.544. The molecular formula is C35H34F6N3NaO6. The van der Waals surface area contributed by atoms with Gasteiger partial charge in [-0.25, -0.2) is 9.97 Å². The Hall–Kier alpha value is -4.21. The number of aromatic nitrogens is 2. The van der Waals surface area contributed by atoms with E-state index in [4.69, 9.17) is 18.9 Å². The minimum absolute atomic E-state index is 0. The number of methoxy groups -OCH3 is 3. The fourth-order valence-corrected chi connectivity index (χ4v) is 5.13. The predicted molar refractivity (Wildman–Crippen MR) is 169 cm³/mol. The number of anilines is 1. The van der Waals surface area contributed by atoms with Gasteiger partial charge in [0.05, 0.1) is 51.5 Å². The number of carbonyl (C=O) groups is 1. The smallest absolute Gasteiger partial charge is 0.550 e. The molecule has 9 nitrogen and oxygen atoms in total. The first-order chi connectivity index (χ1) is 23.5. The Kier molecular flexibility index (Phi) is 14.0. The zero-order valence-corrected chi connectivity index (χ0v) is 30.7. The predicted octanol–water partition coefficient (Wildman–Crippen LogP) is 4.06. The molecule has 16 heteroatoms. The van der Waals surface area contributed by atoms with Crippen LogP contribution < -0.4 is 58.5 Å². The molecule has 0 aliphatic carbocycles. The van der Waals surface area contributed by atoms with E-state index in [-0.39, 0.29) is 72.0 Å². The van der Waals surface area contributed by atoms with E-state index in [1.165, 1.54) is 38.6 Å². The molecule has 0 bridgehead atoms. The molecule has 51 heavy (non-hydrogen) atoms. The Bertz CT molecular complexity index is 1770. The van der Waals surface area contributed by atoms with Gasteiger partial charge >= 0.3 is 41.9 Å². The van der Waals surface area contributed by atoms with Crippen molar-refractivity contribution in [3.05, 3.63) is 88.7 Å². The Morgan fingerprint density at radius 1 is 0.784 bits per heavy atom. The van der Waals surface area contributed by atoms with E-state index >= 15 is 0 Å². The van der Waals surface area contributed by atoms with Crippen LogP contribution in [0.5, 0.6) is 23.0 Å². The van der Waals surface area contributed by atoms with Gasteiger partial charge in [0.2, 0.25) is 5.95 Å². The van der Waals surface area contributed by atoms with Crippen molar-refractivity contribution in [3.8, 4) is 34.1 Å². The Balaban J connectivity index is 0.00000702. The van der Waals surface area contributed by atoms with Crippen molar-refractivity contribution in [1.29, 1.82) is 0 Å². The molecule has 0 saturated carbocycles. The van der Waals surface area contributed by atoms with Crippen LogP contribution in [0.15, 0.2) is 60.9 Å². The summed E-state index contributed by atoms with van der Waals surface area (Å²) in [5, 5.41) is 10.8. The molecule has 268 valence electrons. The maximum Gasteiger partial charge on any atom is 1.00 e. The molecule has 4 rings (SSSR count). The van der Waals surface area contributed by atoms with Crippen molar-refractivity contribution in [2.45, 2.75) is 51.6 Å². The zero-order valence-electron chi connectivity index (χ0n) is 28.7. The number of hydrogen-bond acceptors (Lipinski definition) is 9. The molecule has 0 radical (unpaired) electrons. The molecule has 0 aliphatic heterocycles. The van der Waals surface area contributed by atoms with Gasteiger partial charge in [-0.05, 0) is 70.6 Å². The summed E-state index contributed by atoms with van der Waals surface area (Å²) in [5.74, 6) is -0.0459. The first-order valence-electron chi connectivity index (χ1n) is 15.1. The number of carboxylic acids is 1. The monoisotopic (exact) mass is 729 g/mol. The Labute approximate surface area is 312 Å². The number of alkyl halides is 6. The van der Waals surface area contributed by atoms with Crippen LogP contribution in [0.1, 0.15) is 54.0 Å². The van der Waals surface area contributed by atoms with Gasteiger partial charge in [-0.3, -0.25) is 0 Å². The van der Waals surface area contributed by atoms with Crippen LogP contribution in [0.4, 0.5) is 32.3 Å². The van der Waals surface area contributed by atoms with Gasteiger partial charge in [0, 0.05) is 31.0 Å². The van der Waals surface area contributed by atoms with Crippen LogP contribution in [-0.4, -0.2) is 43.9 Å². The van der Waals surface area contributed by atoms with Gasteiger partial charge < -0.3 is 33.7 Å². The second-order valence-electron chi connectivity index (χ2n) is 11.4. The number of ether oxygens (including phenoxy) is 4. The van der Waals surface area contributed by atoms with Crippen LogP contribution in [0.25, 0.3) is 11.1 Å². The zero-order chi connectivity index (χ0) is 36.8. The van der Waals surface area contributed by atoms with Crippen LogP contribution in [0, 0.1) is 0 Å². The van der Waals surface area contributed by atoms with E-state index in [9.17, 15) is 36.2 Å². The molecule has 0 fully saturated rings. The largest absolute Gasteiger partial charge is 1.00 e. The first-order valence-corrected chi connectivity index (χ1v) is 15.1. The fourth-order valence-electron chi connectivity index (χ4n) is 5.13. The topological polar surface area (TPSA) is 106 Å². The van der Waals surface area contributed by atoms with Crippen LogP contribution in [0.3, 0.4) is 0 Å². The van der Waals surface area contributed by atoms with Crippen molar-refractivity contribution in [2.75, 3.05) is 32.8 Å². The number of halogens is 6. The standard InChI is InChI=1S/C35H35F6N3O6.Na/c1-20(2)22-6-7-29(47-3)28(12-22)27-15-31(49-5)30(48-4)13-23(27)19-44(33-42-16-26(17-43-33)50-9-8-32(45)46)18-21-10-24(34(36,37)38)14-25(11-21)35(39,40)41;/h6-7,10-17,20H,8-9,18-19H2,1-5H3,(H,45,46);/q;+1/p-1. The number of nitrogens with zero attached hydrogens (tertiary/aromatic N) is 3. The molecule has 0 unspecified atom stereocenters. The average molecular weight is 730 g/mol. The van der Waals surface area contributed by atoms with E-state index in [1.54, 1.807) is 18.2 Å². The van der Waals surface area contributed by atoms with Crippen molar-refractivity contribution >= 4 is 11.9 Å². The van der Waals surface area contributed by atoms with E-state index in [1.807, 2.05) is 26.0 Å². The van der Waals surface area contributed by atoms with E-state index in [2.05, 4.69) is 9.97 Å². The summed E-state index contributed by atoms with van der Waals surface area (Å²) >= 11 is 0. The number of benzene rings is 3. The Morgan fingerprint density at radius 2 is 1.35 bits per heavy atom. The molecular weight excluding hydrogens is 695 g/mol. The number of carbonyl (C=O) groups excluding carboxylic acids is 1. The third-order valence-electron chi connectivity index (χ3n) is 7.64. The summed E-state index contributed by atoms with van der Waals surface area (Å²) in [6.07, 6.45) is -8.10. The van der Waals surface area contributed by atoms with E-state index in [0.29, 0.717) is 46.1 Å². The van der Waals surface area contributed by atoms with Gasteiger partial charge in [-0.1, -0.05) is 19.9 Å². The summed E-state index contributed by atoms with van der Waals surface area (Å²) in [6, 6.07) is 10.3. The van der Waals surface area contributed by atoms with Gasteiger partial charge in [0.1, 0.15) is 5.75 Å². The quantitative estimate of drug-likeness (QED) is 0.140. The molecule has 0 atom stereocenters. The minimum Gasteiger partial charge on any atom is -0.550 e. The summed E-state index contributed by atoms with van der Waals surface area (Å²) in [6.45, 7) is 3.14. The third kappa shape index (κ3) is 10.7. The Morgan fingerprint density at radius 3 is 1.86 bits per heavy atom. The minimum atomic E-state index is -5.06. The first kappa shape index (κ1) is 41.2. The van der Waals surface area contributed by atoms with Crippen molar-refractivity contribution in [1.82, 2.24) is 9.97 Å². The molecule has 3 aromatic carbocycles. The van der Waals surface area contributed by atoms with Gasteiger partial charge in [0.25, 0.3) is 0 Å². The average Bonchev–Trinajstić information content (AvgIpc) is 3.06. The van der Waals surface area contributed by atoms with Crippen molar-refractivity contribution in [2.24, 2.45) is 0 Å². The molecule has 0 saturated heterocycles. The summed E-state index contributed by atoms with van der Waals surface area (Å²) < 4.78 is 105. The molecule has 1 aromatic heterocycles. The molecule has 1 heterocycles. The number of carboxylic acid groups (broad SMARTS) is 1. The van der Waals surface area contributed by atoms with Crippen LogP contribution >= 0.6 is 0 Å². The molecule has 4 aromatic rings. The third-order valence-corrected chi connectivity index (χ3v) is 7.64. The van der Waals surface area contributed by atoms with E-state index in [0.717, 1.165) is 5.56 Å². The molecule has 0 spiro atoms. The van der Waals surface area contributed by atoms with Gasteiger partial charge in [-0.2, -0.15) is 26.3 Å². The van der Waals surface area contributed by atoms with Crippen LogP contribution in [0.2, 0.25) is 0 Å². The summed E-state index contributed by atoms with van der Waals surface area (Å²) in [7, 11) is 4.37. The van der Waals surface area contributed by atoms with Crippen molar-refractivity contribution in [3.63, 3.8) is 0 Å². The van der Waals surface area contributed by atoms with Crippen molar-refractivity contribution < 1.29 is 84.7 Å². The van der Waals surface area contributed by atoms with Gasteiger partial charge in [0.15, 0.2) is 17.2 Å². The van der Waals surface area contributed by atoms with Crippen LogP contribution in [-0.2, 0) is 30.2 Å². The SMILES string of the molecule is COc1cc(CN(Cc2cc(C(F)(F)F)cc(C(F)(F)F)c2)c2ncc(OCCC(=O)[O-])cn2)c(-c2cc(C(C)C)ccc2OC)cc1OC.[Na+]. The normalized spacial score (nSPS) is 11.5. The second-order valence-corrected chi connectivity index (χ2v) is 11.4.